The van der Waals surface area contributed by atoms with Gasteiger partial charge in [-0.1, -0.05) is 12.1 Å². The third kappa shape index (κ3) is 2.72. The van der Waals surface area contributed by atoms with Crippen molar-refractivity contribution in [2.45, 2.75) is 0 Å². The maximum Gasteiger partial charge on any atom is 0.358 e. The van der Waals surface area contributed by atoms with Crippen molar-refractivity contribution in [1.29, 1.82) is 0 Å². The van der Waals surface area contributed by atoms with Gasteiger partial charge in [0, 0.05) is 11.5 Å². The number of aryl methyl sites for hydroxylation is 1. The van der Waals surface area contributed by atoms with E-state index in [1.807, 2.05) is 6.07 Å². The lowest BCUT2D eigenvalue weighted by atomic mass is 10.2. The number of nitrogens with one attached hydrogen (secondary N) is 1. The van der Waals surface area contributed by atoms with Crippen molar-refractivity contribution in [3.05, 3.63) is 46.2 Å². The van der Waals surface area contributed by atoms with E-state index in [0.717, 1.165) is 0 Å². The van der Waals surface area contributed by atoms with Crippen LogP contribution in [0.4, 0.5) is 5.69 Å². The van der Waals surface area contributed by atoms with Gasteiger partial charge in [0.05, 0.1) is 24.6 Å². The lowest BCUT2D eigenvalue weighted by molar-refractivity contribution is 0.0589. The molecule has 6 nitrogen and oxygen atoms in total. The largest absolute Gasteiger partial charge is 0.464 e. The number of esters is 1. The average Bonchev–Trinajstić information content (AvgIpc) is 2.79. The van der Waals surface area contributed by atoms with Crippen LogP contribution in [0, 0.1) is 0 Å². The first-order valence-corrected chi connectivity index (χ1v) is 6.50. The highest BCUT2D eigenvalue weighted by Gasteiger charge is 2.20. The second kappa shape index (κ2) is 5.87. The molecule has 0 bridgehead atoms. The van der Waals surface area contributed by atoms with Crippen LogP contribution in [0.3, 0.4) is 0 Å². The molecule has 1 heterocycles. The molecule has 0 aliphatic rings. The Morgan fingerprint density at radius 2 is 2.05 bits per heavy atom. The summed E-state index contributed by atoms with van der Waals surface area (Å²) in [6, 6.07) is 7.00. The first-order valence-electron chi connectivity index (χ1n) is 5.70. The molecule has 0 aliphatic carbocycles. The molecule has 20 heavy (non-hydrogen) atoms. The minimum atomic E-state index is -0.563. The predicted octanol–water partition coefficient (Wildman–Crippen LogP) is 2.22. The van der Waals surface area contributed by atoms with Gasteiger partial charge in [-0.05, 0) is 28.1 Å². The molecule has 2 aromatic rings. The van der Waals surface area contributed by atoms with E-state index >= 15 is 0 Å². The van der Waals surface area contributed by atoms with Crippen LogP contribution in [0.1, 0.15) is 20.8 Å². The standard InChI is InChI=1S/C13H12BrN3O3/c1-17-11(13(19)20-2)10(7-15-17)16-12(18)8-5-3-4-6-9(8)14/h3-7H,1-2H3,(H,16,18). The Kier molecular flexibility index (Phi) is 4.19. The average molecular weight is 338 g/mol. The minimum absolute atomic E-state index is 0.188. The lowest BCUT2D eigenvalue weighted by Crippen LogP contribution is -2.16. The van der Waals surface area contributed by atoms with E-state index in [1.54, 1.807) is 25.2 Å². The molecule has 104 valence electrons. The highest BCUT2D eigenvalue weighted by atomic mass is 79.9. The maximum absolute atomic E-state index is 12.2. The van der Waals surface area contributed by atoms with Gasteiger partial charge in [0.25, 0.3) is 5.91 Å². The summed E-state index contributed by atoms with van der Waals surface area (Å²) in [6.45, 7) is 0. The Morgan fingerprint density at radius 3 is 2.70 bits per heavy atom. The SMILES string of the molecule is COC(=O)c1c(NC(=O)c2ccccc2Br)cnn1C. The van der Waals surface area contributed by atoms with Gasteiger partial charge in [-0.15, -0.1) is 0 Å². The fraction of sp³-hybridized carbons (Fsp3) is 0.154. The monoisotopic (exact) mass is 337 g/mol. The molecule has 1 aromatic heterocycles. The van der Waals surface area contributed by atoms with Crippen LogP contribution in [0.15, 0.2) is 34.9 Å². The van der Waals surface area contributed by atoms with Crippen LogP contribution in [0.2, 0.25) is 0 Å². The van der Waals surface area contributed by atoms with Crippen LogP contribution in [-0.4, -0.2) is 28.8 Å². The van der Waals surface area contributed by atoms with E-state index < -0.39 is 5.97 Å². The quantitative estimate of drug-likeness (QED) is 0.871. The molecule has 0 spiro atoms. The van der Waals surface area contributed by atoms with Gasteiger partial charge in [0.2, 0.25) is 0 Å². The second-order valence-corrected chi connectivity index (χ2v) is 4.81. The summed E-state index contributed by atoms with van der Waals surface area (Å²) in [4.78, 5) is 23.8. The number of hydrogen-bond donors (Lipinski definition) is 1. The van der Waals surface area contributed by atoms with Crippen LogP contribution in [0.5, 0.6) is 0 Å². The first kappa shape index (κ1) is 14.3. The van der Waals surface area contributed by atoms with Gasteiger partial charge in [0.1, 0.15) is 0 Å². The summed E-state index contributed by atoms with van der Waals surface area (Å²) in [5, 5.41) is 6.59. The van der Waals surface area contributed by atoms with Gasteiger partial charge < -0.3 is 10.1 Å². The molecule has 2 rings (SSSR count). The zero-order valence-electron chi connectivity index (χ0n) is 10.9. The molecule has 1 aromatic carbocycles. The van der Waals surface area contributed by atoms with Crippen LogP contribution < -0.4 is 5.32 Å². The number of anilines is 1. The van der Waals surface area contributed by atoms with Crippen LogP contribution in [0.25, 0.3) is 0 Å². The number of amides is 1. The fourth-order valence-electron chi connectivity index (χ4n) is 1.70. The van der Waals surface area contributed by atoms with Crippen molar-refractivity contribution in [2.24, 2.45) is 7.05 Å². The number of nitrogens with zero attached hydrogens (tertiary/aromatic N) is 2. The summed E-state index contributed by atoms with van der Waals surface area (Å²) in [7, 11) is 2.87. The molecule has 0 fully saturated rings. The molecular formula is C13H12BrN3O3. The highest BCUT2D eigenvalue weighted by molar-refractivity contribution is 9.10. The van der Waals surface area contributed by atoms with Crippen molar-refractivity contribution in [1.82, 2.24) is 9.78 Å². The zero-order valence-corrected chi connectivity index (χ0v) is 12.5. The summed E-state index contributed by atoms with van der Waals surface area (Å²) in [5.74, 6) is -0.900. The van der Waals surface area contributed by atoms with E-state index in [2.05, 4.69) is 31.1 Å². The van der Waals surface area contributed by atoms with E-state index in [1.165, 1.54) is 18.0 Å². The van der Waals surface area contributed by atoms with Crippen molar-refractivity contribution in [3.63, 3.8) is 0 Å². The van der Waals surface area contributed by atoms with Crippen molar-refractivity contribution < 1.29 is 14.3 Å². The number of aromatic nitrogens is 2. The molecule has 0 atom stereocenters. The molecule has 1 amide bonds. The molecule has 0 saturated carbocycles. The normalized spacial score (nSPS) is 10.2. The Labute approximate surface area is 123 Å². The van der Waals surface area contributed by atoms with E-state index in [0.29, 0.717) is 15.7 Å². The van der Waals surface area contributed by atoms with Gasteiger partial charge in [0.15, 0.2) is 5.69 Å². The summed E-state index contributed by atoms with van der Waals surface area (Å²) < 4.78 is 6.68. The summed E-state index contributed by atoms with van der Waals surface area (Å²) in [5.41, 5.74) is 0.958. The van der Waals surface area contributed by atoms with Crippen molar-refractivity contribution >= 4 is 33.5 Å². The molecule has 7 heteroatoms. The molecular weight excluding hydrogens is 326 g/mol. The maximum atomic E-state index is 12.2. The zero-order chi connectivity index (χ0) is 14.7. The molecule has 0 unspecified atom stereocenters. The Balaban J connectivity index is 2.30. The van der Waals surface area contributed by atoms with Crippen molar-refractivity contribution in [2.75, 3.05) is 12.4 Å². The molecule has 0 aliphatic heterocycles. The second-order valence-electron chi connectivity index (χ2n) is 3.96. The van der Waals surface area contributed by atoms with Crippen LogP contribution in [-0.2, 0) is 11.8 Å². The van der Waals surface area contributed by atoms with Crippen LogP contribution >= 0.6 is 15.9 Å². The number of ether oxygens (including phenoxy) is 1. The molecule has 1 N–H and O–H groups in total. The third-order valence-electron chi connectivity index (χ3n) is 2.68. The van der Waals surface area contributed by atoms with Gasteiger partial charge in [-0.25, -0.2) is 4.79 Å². The highest BCUT2D eigenvalue weighted by Crippen LogP contribution is 2.20. The fourth-order valence-corrected chi connectivity index (χ4v) is 2.17. The predicted molar refractivity (Wildman–Crippen MR) is 76.6 cm³/mol. The van der Waals surface area contributed by atoms with E-state index in [4.69, 9.17) is 0 Å². The number of halogens is 1. The summed E-state index contributed by atoms with van der Waals surface area (Å²) >= 11 is 3.30. The van der Waals surface area contributed by atoms with Gasteiger partial charge >= 0.3 is 5.97 Å². The van der Waals surface area contributed by atoms with Gasteiger partial charge in [-0.3, -0.25) is 9.48 Å². The number of carbonyl (C=O) groups is 2. The number of hydrogen-bond acceptors (Lipinski definition) is 4. The Hall–Kier alpha value is -2.15. The number of carbonyl (C=O) groups excluding carboxylic acids is 2. The topological polar surface area (TPSA) is 73.2 Å². The molecule has 0 radical (unpaired) electrons. The Morgan fingerprint density at radius 1 is 1.35 bits per heavy atom. The number of methoxy groups -OCH3 is 1. The van der Waals surface area contributed by atoms with Crippen molar-refractivity contribution in [3.8, 4) is 0 Å². The Bertz CT molecular complexity index is 667. The summed E-state index contributed by atoms with van der Waals surface area (Å²) in [6.07, 6.45) is 1.40. The molecule has 0 saturated heterocycles. The number of rotatable bonds is 3. The van der Waals surface area contributed by atoms with E-state index in [-0.39, 0.29) is 11.6 Å². The smallest absolute Gasteiger partial charge is 0.358 e. The lowest BCUT2D eigenvalue weighted by Gasteiger charge is -2.07. The minimum Gasteiger partial charge on any atom is -0.464 e. The van der Waals surface area contributed by atoms with Gasteiger partial charge in [-0.2, -0.15) is 5.10 Å². The van der Waals surface area contributed by atoms with E-state index in [9.17, 15) is 9.59 Å². The number of benzene rings is 1. The third-order valence-corrected chi connectivity index (χ3v) is 3.38. The first-order chi connectivity index (χ1) is 9.54.